The maximum atomic E-state index is 12.5. The molecule has 1 aromatic carbocycles. The third-order valence-corrected chi connectivity index (χ3v) is 4.52. The summed E-state index contributed by atoms with van der Waals surface area (Å²) in [6.45, 7) is 3.64. The van der Waals surface area contributed by atoms with Crippen LogP contribution < -0.4 is 0 Å². The van der Waals surface area contributed by atoms with Crippen LogP contribution in [0.3, 0.4) is 0 Å². The van der Waals surface area contributed by atoms with Gasteiger partial charge in [-0.05, 0) is 19.9 Å². The number of ether oxygens (including phenoxy) is 2. The molecule has 5 nitrogen and oxygen atoms in total. The van der Waals surface area contributed by atoms with Crippen molar-refractivity contribution in [3.63, 3.8) is 0 Å². The van der Waals surface area contributed by atoms with Crippen molar-refractivity contribution < 1.29 is 19.1 Å². The highest BCUT2D eigenvalue weighted by Crippen LogP contribution is 2.40. The van der Waals surface area contributed by atoms with Crippen LogP contribution in [0.25, 0.3) is 11.1 Å². The molecule has 0 bridgehead atoms. The van der Waals surface area contributed by atoms with E-state index in [0.29, 0.717) is 27.5 Å². The molecule has 0 spiro atoms. The fourth-order valence-electron chi connectivity index (χ4n) is 2.71. The molecule has 0 radical (unpaired) electrons. The SMILES string of the molecule is CCOC(=O)c1c(C)nc2c(c1-c1cccc(Cl)c1Cl)C(=O)OC2. The molecule has 2 heterocycles. The highest BCUT2D eigenvalue weighted by Gasteiger charge is 2.33. The van der Waals surface area contributed by atoms with E-state index in [9.17, 15) is 9.59 Å². The van der Waals surface area contributed by atoms with Gasteiger partial charge in [-0.25, -0.2) is 9.59 Å². The first-order valence-corrected chi connectivity index (χ1v) is 8.03. The summed E-state index contributed by atoms with van der Waals surface area (Å²) in [6, 6.07) is 5.02. The Morgan fingerprint density at radius 1 is 1.33 bits per heavy atom. The van der Waals surface area contributed by atoms with E-state index in [1.165, 1.54) is 0 Å². The van der Waals surface area contributed by atoms with Crippen molar-refractivity contribution in [2.45, 2.75) is 20.5 Å². The van der Waals surface area contributed by atoms with Gasteiger partial charge in [0.05, 0.1) is 39.2 Å². The molecule has 0 amide bonds. The minimum Gasteiger partial charge on any atom is -0.462 e. The number of halogens is 2. The van der Waals surface area contributed by atoms with Gasteiger partial charge in [-0.2, -0.15) is 0 Å². The molecular weight excluding hydrogens is 353 g/mol. The molecular formula is C17H13Cl2NO4. The second kappa shape index (κ2) is 6.42. The van der Waals surface area contributed by atoms with Crippen molar-refractivity contribution in [2.75, 3.05) is 6.61 Å². The predicted molar refractivity (Wildman–Crippen MR) is 89.5 cm³/mol. The number of aromatic nitrogens is 1. The van der Waals surface area contributed by atoms with Gasteiger partial charge in [0.15, 0.2) is 0 Å². The normalized spacial score (nSPS) is 12.8. The van der Waals surface area contributed by atoms with E-state index in [1.807, 2.05) is 0 Å². The molecule has 1 aliphatic rings. The first-order valence-electron chi connectivity index (χ1n) is 7.27. The minimum absolute atomic E-state index is 0.0588. The molecule has 2 aromatic rings. The average Bonchev–Trinajstić information content (AvgIpc) is 2.90. The zero-order valence-corrected chi connectivity index (χ0v) is 14.5. The monoisotopic (exact) mass is 365 g/mol. The lowest BCUT2D eigenvalue weighted by Crippen LogP contribution is -2.14. The van der Waals surface area contributed by atoms with Gasteiger partial charge in [0, 0.05) is 11.1 Å². The molecule has 0 N–H and O–H groups in total. The molecule has 0 atom stereocenters. The molecule has 24 heavy (non-hydrogen) atoms. The van der Waals surface area contributed by atoms with Crippen LogP contribution in [0, 0.1) is 6.92 Å². The van der Waals surface area contributed by atoms with Crippen LogP contribution in [0.5, 0.6) is 0 Å². The molecule has 7 heteroatoms. The van der Waals surface area contributed by atoms with E-state index in [2.05, 4.69) is 4.98 Å². The van der Waals surface area contributed by atoms with E-state index >= 15 is 0 Å². The zero-order valence-electron chi connectivity index (χ0n) is 13.0. The molecule has 0 unspecified atom stereocenters. The maximum Gasteiger partial charge on any atom is 0.341 e. The van der Waals surface area contributed by atoms with Crippen molar-refractivity contribution in [3.8, 4) is 11.1 Å². The Labute approximate surface area is 148 Å². The lowest BCUT2D eigenvalue weighted by atomic mass is 9.93. The predicted octanol–water partition coefficient (Wildman–Crippen LogP) is 4.21. The second-order valence-corrected chi connectivity index (χ2v) is 5.95. The molecule has 1 aliphatic heterocycles. The number of carbonyl (C=O) groups is 2. The van der Waals surface area contributed by atoms with E-state index in [-0.39, 0.29) is 29.4 Å². The van der Waals surface area contributed by atoms with Gasteiger partial charge in [-0.1, -0.05) is 35.3 Å². The Morgan fingerprint density at radius 2 is 2.08 bits per heavy atom. The first-order chi connectivity index (χ1) is 11.5. The number of fused-ring (bicyclic) bond motifs is 1. The third kappa shape index (κ3) is 2.64. The highest BCUT2D eigenvalue weighted by molar-refractivity contribution is 6.44. The van der Waals surface area contributed by atoms with E-state index in [1.54, 1.807) is 32.0 Å². The lowest BCUT2D eigenvalue weighted by molar-refractivity contribution is 0.0523. The molecule has 1 aromatic heterocycles. The quantitative estimate of drug-likeness (QED) is 0.762. The number of nitrogens with zero attached hydrogens (tertiary/aromatic N) is 1. The Bertz CT molecular complexity index is 864. The number of rotatable bonds is 3. The summed E-state index contributed by atoms with van der Waals surface area (Å²) in [4.78, 5) is 29.0. The standard InChI is InChI=1S/C17H13Cl2NO4/c1-3-23-16(21)12-8(2)20-11-7-24-17(22)14(11)13(12)9-5-4-6-10(18)15(9)19/h4-6H,3,7H2,1-2H3. The molecule has 124 valence electrons. The van der Waals surface area contributed by atoms with Crippen LogP contribution in [-0.2, 0) is 16.1 Å². The van der Waals surface area contributed by atoms with Crippen LogP contribution in [0.4, 0.5) is 0 Å². The summed E-state index contributed by atoms with van der Waals surface area (Å²) in [6.07, 6.45) is 0. The number of hydrogen-bond acceptors (Lipinski definition) is 5. The van der Waals surface area contributed by atoms with Crippen molar-refractivity contribution in [1.82, 2.24) is 4.98 Å². The van der Waals surface area contributed by atoms with Crippen LogP contribution in [0.1, 0.15) is 39.0 Å². The van der Waals surface area contributed by atoms with Crippen LogP contribution in [0.2, 0.25) is 10.0 Å². The lowest BCUT2D eigenvalue weighted by Gasteiger charge is -2.15. The van der Waals surface area contributed by atoms with E-state index < -0.39 is 11.9 Å². The Hall–Kier alpha value is -2.11. The number of benzene rings is 1. The van der Waals surface area contributed by atoms with Gasteiger partial charge in [0.2, 0.25) is 0 Å². The summed E-state index contributed by atoms with van der Waals surface area (Å²) >= 11 is 12.4. The Morgan fingerprint density at radius 3 is 2.79 bits per heavy atom. The maximum absolute atomic E-state index is 12.5. The van der Waals surface area contributed by atoms with Crippen LogP contribution >= 0.6 is 23.2 Å². The Balaban J connectivity index is 2.39. The molecule has 0 aliphatic carbocycles. The number of pyridine rings is 1. The summed E-state index contributed by atoms with van der Waals surface area (Å²) < 4.78 is 10.2. The van der Waals surface area contributed by atoms with Crippen LogP contribution in [0.15, 0.2) is 18.2 Å². The van der Waals surface area contributed by atoms with Crippen molar-refractivity contribution in [2.24, 2.45) is 0 Å². The Kier molecular flexibility index (Phi) is 4.47. The van der Waals surface area contributed by atoms with Crippen molar-refractivity contribution in [3.05, 3.63) is 50.8 Å². The van der Waals surface area contributed by atoms with Crippen LogP contribution in [-0.4, -0.2) is 23.5 Å². The van der Waals surface area contributed by atoms with E-state index in [0.717, 1.165) is 0 Å². The van der Waals surface area contributed by atoms with Gasteiger partial charge >= 0.3 is 11.9 Å². The van der Waals surface area contributed by atoms with Crippen molar-refractivity contribution >= 4 is 35.1 Å². The van der Waals surface area contributed by atoms with Gasteiger partial charge in [-0.15, -0.1) is 0 Å². The molecule has 0 saturated heterocycles. The first kappa shape index (κ1) is 16.7. The summed E-state index contributed by atoms with van der Waals surface area (Å²) in [5.41, 5.74) is 2.15. The molecule has 0 saturated carbocycles. The smallest absolute Gasteiger partial charge is 0.341 e. The number of cyclic esters (lactones) is 1. The number of aryl methyl sites for hydroxylation is 1. The molecule has 0 fully saturated rings. The molecule has 3 rings (SSSR count). The number of carbonyl (C=O) groups excluding carboxylic acids is 2. The van der Waals surface area contributed by atoms with Gasteiger partial charge < -0.3 is 9.47 Å². The zero-order chi connectivity index (χ0) is 17.4. The third-order valence-electron chi connectivity index (χ3n) is 3.70. The van der Waals surface area contributed by atoms with Crippen molar-refractivity contribution in [1.29, 1.82) is 0 Å². The van der Waals surface area contributed by atoms with E-state index in [4.69, 9.17) is 32.7 Å². The topological polar surface area (TPSA) is 65.5 Å². The summed E-state index contributed by atoms with van der Waals surface area (Å²) in [5.74, 6) is -1.12. The van der Waals surface area contributed by atoms with Gasteiger partial charge in [0.25, 0.3) is 0 Å². The minimum atomic E-state index is -0.573. The summed E-state index contributed by atoms with van der Waals surface area (Å²) in [5, 5.41) is 0.566. The van der Waals surface area contributed by atoms with Gasteiger partial charge in [-0.3, -0.25) is 4.98 Å². The fourth-order valence-corrected chi connectivity index (χ4v) is 3.11. The fraction of sp³-hybridized carbons (Fsp3) is 0.235. The van der Waals surface area contributed by atoms with Gasteiger partial charge in [0.1, 0.15) is 6.61 Å². The largest absolute Gasteiger partial charge is 0.462 e. The highest BCUT2D eigenvalue weighted by atomic mass is 35.5. The number of esters is 2. The summed E-state index contributed by atoms with van der Waals surface area (Å²) in [7, 11) is 0. The number of hydrogen-bond donors (Lipinski definition) is 0. The average molecular weight is 366 g/mol. The second-order valence-electron chi connectivity index (χ2n) is 5.17.